The maximum atomic E-state index is 12.9. The zero-order valence-corrected chi connectivity index (χ0v) is 20.2. The first-order chi connectivity index (χ1) is 13.9. The van der Waals surface area contributed by atoms with Gasteiger partial charge >= 0.3 is 0 Å². The Balaban J connectivity index is 0.00000240. The first-order valence-electron chi connectivity index (χ1n) is 10.8. The van der Waals surface area contributed by atoms with Crippen molar-refractivity contribution in [3.05, 3.63) is 24.3 Å². The van der Waals surface area contributed by atoms with Crippen LogP contribution in [-0.2, 0) is 9.59 Å². The number of nitrogens with zero attached hydrogens (tertiary/aromatic N) is 2. The quantitative estimate of drug-likeness (QED) is 0.591. The minimum absolute atomic E-state index is 0. The fourth-order valence-electron chi connectivity index (χ4n) is 4.02. The van der Waals surface area contributed by atoms with Crippen LogP contribution >= 0.6 is 24.8 Å². The Labute approximate surface area is 198 Å². The summed E-state index contributed by atoms with van der Waals surface area (Å²) in [6.07, 6.45) is 4.84. The van der Waals surface area contributed by atoms with Crippen molar-refractivity contribution in [2.45, 2.75) is 45.1 Å². The molecule has 2 saturated heterocycles. The van der Waals surface area contributed by atoms with Crippen LogP contribution in [0.5, 0.6) is 0 Å². The number of anilines is 2. The highest BCUT2D eigenvalue weighted by molar-refractivity contribution is 5.98. The molecule has 2 fully saturated rings. The van der Waals surface area contributed by atoms with Crippen LogP contribution in [0.2, 0.25) is 0 Å². The van der Waals surface area contributed by atoms with Crippen molar-refractivity contribution >= 4 is 48.0 Å². The zero-order valence-electron chi connectivity index (χ0n) is 18.6. The van der Waals surface area contributed by atoms with E-state index in [9.17, 15) is 9.59 Å². The number of carbonyl (C=O) groups is 2. The summed E-state index contributed by atoms with van der Waals surface area (Å²) < 4.78 is 0. The number of hydrogen-bond donors (Lipinski definition) is 3. The number of rotatable bonds is 6. The molecule has 0 atom stereocenters. The molecule has 1 aromatic rings. The van der Waals surface area contributed by atoms with Crippen LogP contribution in [0.25, 0.3) is 0 Å². The molecule has 0 aliphatic carbocycles. The second-order valence-corrected chi connectivity index (χ2v) is 8.57. The van der Waals surface area contributed by atoms with Gasteiger partial charge in [-0.1, -0.05) is 18.9 Å². The van der Waals surface area contributed by atoms with E-state index in [0.717, 1.165) is 52.1 Å². The van der Waals surface area contributed by atoms with Gasteiger partial charge in [-0.2, -0.15) is 0 Å². The number of nitrogens with one attached hydrogen (secondary N) is 3. The standard InChI is InChI=1S/C22H35N5O2.2ClH/c1-22(2,27-14-10-23-11-15-27)21(29)25-19-9-7-8-18(16-19)24-20(28)17-26-12-5-3-4-6-13-26;;/h7-9,16,23H,3-6,10-15,17H2,1-2H3,(H,24,28)(H,25,29);2*1H. The molecule has 2 heterocycles. The summed E-state index contributed by atoms with van der Waals surface area (Å²) >= 11 is 0. The molecule has 0 bridgehead atoms. The number of piperazine rings is 1. The first kappa shape index (κ1) is 27.7. The Morgan fingerprint density at radius 1 is 0.935 bits per heavy atom. The van der Waals surface area contributed by atoms with Gasteiger partial charge in [0.2, 0.25) is 11.8 Å². The van der Waals surface area contributed by atoms with Crippen molar-refractivity contribution in [3.8, 4) is 0 Å². The second-order valence-electron chi connectivity index (χ2n) is 8.57. The molecule has 0 aromatic heterocycles. The van der Waals surface area contributed by atoms with E-state index in [1.807, 2.05) is 38.1 Å². The molecule has 9 heteroatoms. The predicted molar refractivity (Wildman–Crippen MR) is 132 cm³/mol. The summed E-state index contributed by atoms with van der Waals surface area (Å²) in [5.74, 6) is -0.0380. The van der Waals surface area contributed by atoms with E-state index in [2.05, 4.69) is 25.8 Å². The Morgan fingerprint density at radius 3 is 2.13 bits per heavy atom. The van der Waals surface area contributed by atoms with Gasteiger partial charge in [-0.25, -0.2) is 0 Å². The molecular formula is C22H37Cl2N5O2. The van der Waals surface area contributed by atoms with Crippen LogP contribution in [0, 0.1) is 0 Å². The van der Waals surface area contributed by atoms with Crippen molar-refractivity contribution in [2.75, 3.05) is 56.4 Å². The molecule has 31 heavy (non-hydrogen) atoms. The van der Waals surface area contributed by atoms with Gasteiger partial charge in [0.15, 0.2) is 0 Å². The van der Waals surface area contributed by atoms with Gasteiger partial charge in [-0.15, -0.1) is 24.8 Å². The largest absolute Gasteiger partial charge is 0.325 e. The number of likely N-dealkylation sites (tertiary alicyclic amines) is 1. The lowest BCUT2D eigenvalue weighted by atomic mass is 10.0. The highest BCUT2D eigenvalue weighted by Gasteiger charge is 2.35. The van der Waals surface area contributed by atoms with E-state index in [-0.39, 0.29) is 36.6 Å². The fraction of sp³-hybridized carbons (Fsp3) is 0.636. The molecule has 7 nitrogen and oxygen atoms in total. The second kappa shape index (κ2) is 13.2. The molecule has 176 valence electrons. The normalized spacial score (nSPS) is 18.1. The van der Waals surface area contributed by atoms with E-state index in [1.165, 1.54) is 12.8 Å². The molecule has 3 N–H and O–H groups in total. The Kier molecular flexibility index (Phi) is 11.8. The Hall–Kier alpha value is -1.38. The Morgan fingerprint density at radius 2 is 1.52 bits per heavy atom. The molecule has 3 rings (SSSR count). The molecule has 0 unspecified atom stereocenters. The van der Waals surface area contributed by atoms with Gasteiger partial charge < -0.3 is 16.0 Å². The number of hydrogen-bond acceptors (Lipinski definition) is 5. The van der Waals surface area contributed by atoms with Crippen molar-refractivity contribution in [1.82, 2.24) is 15.1 Å². The van der Waals surface area contributed by atoms with Gasteiger partial charge in [0.05, 0.1) is 12.1 Å². The summed E-state index contributed by atoms with van der Waals surface area (Å²) in [5.41, 5.74) is 0.821. The minimum atomic E-state index is -0.589. The van der Waals surface area contributed by atoms with Crippen molar-refractivity contribution in [1.29, 1.82) is 0 Å². The molecule has 0 saturated carbocycles. The van der Waals surface area contributed by atoms with E-state index in [4.69, 9.17) is 0 Å². The molecule has 2 aliphatic heterocycles. The molecule has 1 aromatic carbocycles. The van der Waals surface area contributed by atoms with Crippen LogP contribution in [0.15, 0.2) is 24.3 Å². The maximum Gasteiger partial charge on any atom is 0.244 e. The van der Waals surface area contributed by atoms with Crippen LogP contribution < -0.4 is 16.0 Å². The Bertz CT molecular complexity index is 703. The van der Waals surface area contributed by atoms with Gasteiger partial charge in [0.25, 0.3) is 0 Å². The van der Waals surface area contributed by atoms with Crippen LogP contribution in [0.1, 0.15) is 39.5 Å². The lowest BCUT2D eigenvalue weighted by Crippen LogP contribution is -2.58. The van der Waals surface area contributed by atoms with Gasteiger partial charge in [0, 0.05) is 37.6 Å². The third kappa shape index (κ3) is 8.24. The monoisotopic (exact) mass is 473 g/mol. The van der Waals surface area contributed by atoms with Crippen molar-refractivity contribution in [3.63, 3.8) is 0 Å². The van der Waals surface area contributed by atoms with E-state index in [1.54, 1.807) is 0 Å². The highest BCUT2D eigenvalue weighted by Crippen LogP contribution is 2.21. The number of halogens is 2. The summed E-state index contributed by atoms with van der Waals surface area (Å²) in [7, 11) is 0. The molecule has 2 amide bonds. The molecule has 2 aliphatic rings. The summed E-state index contributed by atoms with van der Waals surface area (Å²) in [4.78, 5) is 29.8. The zero-order chi connectivity index (χ0) is 20.7. The summed E-state index contributed by atoms with van der Waals surface area (Å²) in [6, 6.07) is 7.40. The van der Waals surface area contributed by atoms with E-state index in [0.29, 0.717) is 17.9 Å². The van der Waals surface area contributed by atoms with Gasteiger partial charge in [-0.05, 0) is 58.0 Å². The predicted octanol–water partition coefficient (Wildman–Crippen LogP) is 2.97. The average molecular weight is 474 g/mol. The number of amides is 2. The smallest absolute Gasteiger partial charge is 0.244 e. The molecule has 0 spiro atoms. The van der Waals surface area contributed by atoms with Crippen molar-refractivity contribution in [2.24, 2.45) is 0 Å². The van der Waals surface area contributed by atoms with E-state index < -0.39 is 5.54 Å². The highest BCUT2D eigenvalue weighted by atomic mass is 35.5. The SMILES string of the molecule is CC(C)(C(=O)Nc1cccc(NC(=O)CN2CCCCCC2)c1)N1CCNCC1.Cl.Cl. The van der Waals surface area contributed by atoms with Gasteiger partial charge in [0.1, 0.15) is 0 Å². The number of benzene rings is 1. The lowest BCUT2D eigenvalue weighted by molar-refractivity contribution is -0.126. The average Bonchev–Trinajstić information content (AvgIpc) is 2.97. The van der Waals surface area contributed by atoms with Crippen LogP contribution in [0.4, 0.5) is 11.4 Å². The first-order valence-corrected chi connectivity index (χ1v) is 10.8. The third-order valence-electron chi connectivity index (χ3n) is 5.93. The minimum Gasteiger partial charge on any atom is -0.325 e. The van der Waals surface area contributed by atoms with Crippen molar-refractivity contribution < 1.29 is 9.59 Å². The maximum absolute atomic E-state index is 12.9. The van der Waals surface area contributed by atoms with E-state index >= 15 is 0 Å². The number of carbonyl (C=O) groups excluding carboxylic acids is 2. The summed E-state index contributed by atoms with van der Waals surface area (Å²) in [5, 5.41) is 9.31. The van der Waals surface area contributed by atoms with Crippen LogP contribution in [0.3, 0.4) is 0 Å². The van der Waals surface area contributed by atoms with Gasteiger partial charge in [-0.3, -0.25) is 19.4 Å². The fourth-order valence-corrected chi connectivity index (χ4v) is 4.02. The third-order valence-corrected chi connectivity index (χ3v) is 5.93. The lowest BCUT2D eigenvalue weighted by Gasteiger charge is -2.39. The van der Waals surface area contributed by atoms with Crippen LogP contribution in [-0.4, -0.2) is 73.0 Å². The topological polar surface area (TPSA) is 76.7 Å². The molecular weight excluding hydrogens is 437 g/mol. The molecule has 0 radical (unpaired) electrons. The summed E-state index contributed by atoms with van der Waals surface area (Å²) in [6.45, 7) is 9.83.